The summed E-state index contributed by atoms with van der Waals surface area (Å²) in [5, 5.41) is 9.35. The van der Waals surface area contributed by atoms with E-state index in [9.17, 15) is 14.7 Å². The van der Waals surface area contributed by atoms with E-state index in [1.165, 1.54) is 0 Å². The first kappa shape index (κ1) is 14.0. The van der Waals surface area contributed by atoms with Gasteiger partial charge in [0, 0.05) is 11.6 Å². The number of aliphatic hydroxyl groups is 1. The third-order valence-corrected chi connectivity index (χ3v) is 2.40. The Hall–Kier alpha value is -2.10. The van der Waals surface area contributed by atoms with Crippen LogP contribution in [0.3, 0.4) is 0 Å². The number of ether oxygens (including phenoxy) is 1. The Bertz CT molecular complexity index is 457. The quantitative estimate of drug-likeness (QED) is 0.376. The summed E-state index contributed by atoms with van der Waals surface area (Å²) in [4.78, 5) is 22.8. The monoisotopic (exact) mass is 248 g/mol. The molecule has 0 saturated carbocycles. The van der Waals surface area contributed by atoms with Crippen LogP contribution in [0.15, 0.2) is 36.1 Å². The minimum absolute atomic E-state index is 0.149. The van der Waals surface area contributed by atoms with E-state index < -0.39 is 17.5 Å². The van der Waals surface area contributed by atoms with E-state index in [0.29, 0.717) is 5.56 Å². The van der Waals surface area contributed by atoms with Gasteiger partial charge in [-0.3, -0.25) is 4.79 Å². The highest BCUT2D eigenvalue weighted by atomic mass is 16.5. The zero-order chi connectivity index (χ0) is 13.5. The molecule has 0 saturated heterocycles. The molecule has 1 aromatic rings. The summed E-state index contributed by atoms with van der Waals surface area (Å²) < 4.78 is 4.57. The summed E-state index contributed by atoms with van der Waals surface area (Å²) in [6, 6.07) is 7.00. The van der Waals surface area contributed by atoms with Crippen molar-refractivity contribution in [3.05, 3.63) is 47.2 Å². The Morgan fingerprint density at radius 1 is 1.22 bits per heavy atom. The summed E-state index contributed by atoms with van der Waals surface area (Å²) >= 11 is 0. The molecule has 1 rings (SSSR count). The molecule has 0 fully saturated rings. The fourth-order valence-corrected chi connectivity index (χ4v) is 1.38. The average Bonchev–Trinajstić information content (AvgIpc) is 2.39. The van der Waals surface area contributed by atoms with E-state index >= 15 is 0 Å². The Kier molecular flexibility index (Phi) is 5.11. The number of hydrogen-bond donors (Lipinski definition) is 1. The van der Waals surface area contributed by atoms with Crippen molar-refractivity contribution < 1.29 is 19.4 Å². The molecular formula is C14H16O4. The average molecular weight is 248 g/mol. The van der Waals surface area contributed by atoms with Gasteiger partial charge in [-0.05, 0) is 18.9 Å². The lowest BCUT2D eigenvalue weighted by atomic mass is 10.1. The first-order valence-electron chi connectivity index (χ1n) is 5.79. The predicted octanol–water partition coefficient (Wildman–Crippen LogP) is 2.44. The number of allylic oxidation sites excluding steroid dienone is 1. The molecule has 18 heavy (non-hydrogen) atoms. The second-order valence-electron chi connectivity index (χ2n) is 3.66. The number of aryl methyl sites for hydroxylation is 1. The van der Waals surface area contributed by atoms with E-state index in [1.54, 1.807) is 19.1 Å². The molecule has 96 valence electrons. The van der Waals surface area contributed by atoms with Crippen LogP contribution in [0.25, 0.3) is 0 Å². The van der Waals surface area contributed by atoms with Gasteiger partial charge in [0.1, 0.15) is 0 Å². The Labute approximate surface area is 106 Å². The molecule has 0 unspecified atom stereocenters. The maximum Gasteiger partial charge on any atom is 0.373 e. The first-order valence-corrected chi connectivity index (χ1v) is 5.79. The Morgan fingerprint density at radius 2 is 1.83 bits per heavy atom. The summed E-state index contributed by atoms with van der Waals surface area (Å²) in [5.41, 5.74) is 1.54. The van der Waals surface area contributed by atoms with Crippen molar-refractivity contribution in [2.24, 2.45) is 0 Å². The number of aliphatic hydroxyl groups excluding tert-OH is 1. The number of carbonyl (C=O) groups is 2. The lowest BCUT2D eigenvalue weighted by molar-refractivity contribution is -0.141. The minimum Gasteiger partial charge on any atom is -0.502 e. The topological polar surface area (TPSA) is 63.6 Å². The Morgan fingerprint density at radius 3 is 2.33 bits per heavy atom. The fraction of sp³-hybridized carbons (Fsp3) is 0.286. The predicted molar refractivity (Wildman–Crippen MR) is 67.5 cm³/mol. The first-order chi connectivity index (χ1) is 8.58. The molecule has 0 aromatic heterocycles. The van der Waals surface area contributed by atoms with Crippen molar-refractivity contribution >= 4 is 11.8 Å². The number of hydrogen-bond acceptors (Lipinski definition) is 4. The van der Waals surface area contributed by atoms with Crippen molar-refractivity contribution in [2.45, 2.75) is 20.3 Å². The molecule has 0 aliphatic rings. The van der Waals surface area contributed by atoms with Crippen LogP contribution < -0.4 is 0 Å². The van der Waals surface area contributed by atoms with Crippen LogP contribution in [0.4, 0.5) is 0 Å². The van der Waals surface area contributed by atoms with E-state index in [1.807, 2.05) is 19.1 Å². The zero-order valence-corrected chi connectivity index (χ0v) is 10.5. The molecule has 0 amide bonds. The molecule has 0 radical (unpaired) electrons. The molecule has 4 heteroatoms. The third-order valence-electron chi connectivity index (χ3n) is 2.40. The van der Waals surface area contributed by atoms with Crippen LogP contribution in [0.5, 0.6) is 0 Å². The van der Waals surface area contributed by atoms with Gasteiger partial charge in [0.25, 0.3) is 0 Å². The van der Waals surface area contributed by atoms with Crippen LogP contribution >= 0.6 is 0 Å². The number of benzene rings is 1. The maximum atomic E-state index is 11.7. The molecule has 4 nitrogen and oxygen atoms in total. The van der Waals surface area contributed by atoms with Crippen LogP contribution in [-0.4, -0.2) is 23.5 Å². The second-order valence-corrected chi connectivity index (χ2v) is 3.66. The van der Waals surface area contributed by atoms with Crippen molar-refractivity contribution in [1.82, 2.24) is 0 Å². The largest absolute Gasteiger partial charge is 0.502 e. The molecule has 1 N–H and O–H groups in total. The zero-order valence-electron chi connectivity index (χ0n) is 10.5. The van der Waals surface area contributed by atoms with Gasteiger partial charge in [0.2, 0.25) is 5.76 Å². The van der Waals surface area contributed by atoms with Crippen molar-refractivity contribution in [3.63, 3.8) is 0 Å². The molecule has 0 aliphatic heterocycles. The van der Waals surface area contributed by atoms with Crippen LogP contribution in [0, 0.1) is 0 Å². The van der Waals surface area contributed by atoms with E-state index in [4.69, 9.17) is 0 Å². The number of ketones is 1. The number of carbonyl (C=O) groups excluding carboxylic acids is 2. The third kappa shape index (κ3) is 3.73. The standard InChI is InChI=1S/C14H16O4/c1-3-10-5-7-11(8-6-10)12(15)9-13(16)14(17)18-4-2/h5-9,16H,3-4H2,1-2H3. The highest BCUT2D eigenvalue weighted by Crippen LogP contribution is 2.07. The molecule has 1 aromatic carbocycles. The fourth-order valence-electron chi connectivity index (χ4n) is 1.38. The van der Waals surface area contributed by atoms with E-state index in [0.717, 1.165) is 18.1 Å². The van der Waals surface area contributed by atoms with Gasteiger partial charge in [0.05, 0.1) is 6.61 Å². The molecule has 0 aliphatic carbocycles. The van der Waals surface area contributed by atoms with Gasteiger partial charge in [-0.1, -0.05) is 31.2 Å². The van der Waals surface area contributed by atoms with Crippen molar-refractivity contribution in [3.8, 4) is 0 Å². The second kappa shape index (κ2) is 6.59. The minimum atomic E-state index is -0.893. The summed E-state index contributed by atoms with van der Waals surface area (Å²) in [6.45, 7) is 3.79. The van der Waals surface area contributed by atoms with Gasteiger partial charge in [0.15, 0.2) is 5.78 Å². The SMILES string of the molecule is CCOC(=O)C(O)=CC(=O)c1ccc(CC)cc1. The molecule has 0 spiro atoms. The Balaban J connectivity index is 2.80. The van der Waals surface area contributed by atoms with Crippen molar-refractivity contribution in [1.29, 1.82) is 0 Å². The molecule has 0 atom stereocenters. The van der Waals surface area contributed by atoms with Gasteiger partial charge >= 0.3 is 5.97 Å². The summed E-state index contributed by atoms with van der Waals surface area (Å²) in [6.07, 6.45) is 1.76. The van der Waals surface area contributed by atoms with E-state index in [2.05, 4.69) is 4.74 Å². The highest BCUT2D eigenvalue weighted by molar-refractivity contribution is 6.07. The molecule has 0 bridgehead atoms. The summed E-state index contributed by atoms with van der Waals surface area (Å²) in [7, 11) is 0. The van der Waals surface area contributed by atoms with Crippen molar-refractivity contribution in [2.75, 3.05) is 6.61 Å². The highest BCUT2D eigenvalue weighted by Gasteiger charge is 2.11. The normalized spacial score (nSPS) is 11.1. The molecular weight excluding hydrogens is 232 g/mol. The maximum absolute atomic E-state index is 11.7. The van der Waals surface area contributed by atoms with Crippen LogP contribution in [-0.2, 0) is 16.0 Å². The van der Waals surface area contributed by atoms with E-state index in [-0.39, 0.29) is 6.61 Å². The van der Waals surface area contributed by atoms with Crippen LogP contribution in [0.2, 0.25) is 0 Å². The van der Waals surface area contributed by atoms with Crippen LogP contribution in [0.1, 0.15) is 29.8 Å². The lowest BCUT2D eigenvalue weighted by Gasteiger charge is -2.01. The smallest absolute Gasteiger partial charge is 0.373 e. The lowest BCUT2D eigenvalue weighted by Crippen LogP contribution is -2.09. The molecule has 0 heterocycles. The van der Waals surface area contributed by atoms with Gasteiger partial charge in [-0.15, -0.1) is 0 Å². The summed E-state index contributed by atoms with van der Waals surface area (Å²) in [5.74, 6) is -2.00. The van der Waals surface area contributed by atoms with Gasteiger partial charge in [-0.2, -0.15) is 0 Å². The van der Waals surface area contributed by atoms with Gasteiger partial charge in [-0.25, -0.2) is 4.79 Å². The number of esters is 1. The number of rotatable bonds is 5. The van der Waals surface area contributed by atoms with Gasteiger partial charge < -0.3 is 9.84 Å².